The van der Waals surface area contributed by atoms with Gasteiger partial charge in [-0.15, -0.1) is 6.58 Å². The predicted molar refractivity (Wildman–Crippen MR) is 124 cm³/mol. The van der Waals surface area contributed by atoms with Crippen LogP contribution in [0.5, 0.6) is 11.6 Å². The molecule has 1 aromatic heterocycles. The molecule has 0 unspecified atom stereocenters. The van der Waals surface area contributed by atoms with E-state index in [1.54, 1.807) is 29.8 Å². The maximum Gasteiger partial charge on any atom is 0.222 e. The summed E-state index contributed by atoms with van der Waals surface area (Å²) in [6.07, 6.45) is 4.01. The van der Waals surface area contributed by atoms with Crippen LogP contribution in [0.25, 0.3) is 11.3 Å². The van der Waals surface area contributed by atoms with Crippen LogP contribution in [0.3, 0.4) is 0 Å². The molecule has 4 rings (SSSR count). The first-order chi connectivity index (χ1) is 15.3. The highest BCUT2D eigenvalue weighted by molar-refractivity contribution is 5.65. The second-order valence-electron chi connectivity index (χ2n) is 8.85. The van der Waals surface area contributed by atoms with Crippen LogP contribution >= 0.6 is 0 Å². The van der Waals surface area contributed by atoms with E-state index in [1.165, 1.54) is 25.0 Å². The minimum atomic E-state index is -0.998. The molecule has 32 heavy (non-hydrogen) atoms. The van der Waals surface area contributed by atoms with E-state index < -0.39 is 5.60 Å². The molecule has 6 heteroatoms. The van der Waals surface area contributed by atoms with Gasteiger partial charge in [0.1, 0.15) is 17.3 Å². The van der Waals surface area contributed by atoms with Crippen LogP contribution in [-0.4, -0.2) is 38.5 Å². The second kappa shape index (κ2) is 9.27. The standard InChI is InChI=1S/C26H30FN3O2/c1-4-26(2,31)18-30(16-19-10-11-19)17-23-24(20-8-6-5-7-9-20)28-29(3)25(23)32-22-14-12-21(27)13-15-22/h4-9,12-15,19,31H,1,10-11,16-18H2,2-3H3/t26-/m0/s1. The Morgan fingerprint density at radius 1 is 1.22 bits per heavy atom. The largest absolute Gasteiger partial charge is 0.439 e. The molecule has 1 aliphatic carbocycles. The average molecular weight is 436 g/mol. The fourth-order valence-corrected chi connectivity index (χ4v) is 3.86. The molecule has 0 aliphatic heterocycles. The summed E-state index contributed by atoms with van der Waals surface area (Å²) in [5.74, 6) is 1.49. The number of hydrogen-bond donors (Lipinski definition) is 1. The quantitative estimate of drug-likeness (QED) is 0.447. The number of halogens is 1. The number of aliphatic hydroxyl groups is 1. The van der Waals surface area contributed by atoms with Crippen LogP contribution in [0.2, 0.25) is 0 Å². The molecule has 0 saturated heterocycles. The van der Waals surface area contributed by atoms with Crippen molar-refractivity contribution in [2.45, 2.75) is 31.9 Å². The molecule has 1 saturated carbocycles. The zero-order valence-electron chi connectivity index (χ0n) is 18.7. The number of aryl methyl sites for hydroxylation is 1. The van der Waals surface area contributed by atoms with Crippen LogP contribution in [0, 0.1) is 11.7 Å². The highest BCUT2D eigenvalue weighted by atomic mass is 19.1. The lowest BCUT2D eigenvalue weighted by molar-refractivity contribution is 0.0566. The van der Waals surface area contributed by atoms with E-state index >= 15 is 0 Å². The number of rotatable bonds is 10. The molecule has 0 spiro atoms. The summed E-state index contributed by atoms with van der Waals surface area (Å²) in [6.45, 7) is 7.48. The number of ether oxygens (including phenoxy) is 1. The molecule has 0 amide bonds. The molecule has 1 fully saturated rings. The van der Waals surface area contributed by atoms with Gasteiger partial charge in [-0.05, 0) is 49.9 Å². The van der Waals surface area contributed by atoms with E-state index in [0.29, 0.717) is 30.6 Å². The topological polar surface area (TPSA) is 50.5 Å². The van der Waals surface area contributed by atoms with Gasteiger partial charge in [0, 0.05) is 32.2 Å². The Bertz CT molecular complexity index is 1060. The zero-order valence-corrected chi connectivity index (χ0v) is 18.7. The van der Waals surface area contributed by atoms with E-state index in [2.05, 4.69) is 11.5 Å². The summed E-state index contributed by atoms with van der Waals surface area (Å²) in [6, 6.07) is 16.0. The Kier molecular flexibility index (Phi) is 6.44. The van der Waals surface area contributed by atoms with E-state index in [4.69, 9.17) is 9.84 Å². The Morgan fingerprint density at radius 2 is 1.91 bits per heavy atom. The lowest BCUT2D eigenvalue weighted by Gasteiger charge is -2.30. The van der Waals surface area contributed by atoms with Crippen LogP contribution in [0.4, 0.5) is 4.39 Å². The minimum absolute atomic E-state index is 0.310. The van der Waals surface area contributed by atoms with Gasteiger partial charge < -0.3 is 9.84 Å². The number of benzene rings is 2. The lowest BCUT2D eigenvalue weighted by atomic mass is 10.0. The summed E-state index contributed by atoms with van der Waals surface area (Å²) < 4.78 is 21.3. The highest BCUT2D eigenvalue weighted by Crippen LogP contribution is 2.36. The summed E-state index contributed by atoms with van der Waals surface area (Å²) in [5, 5.41) is 15.4. The monoisotopic (exact) mass is 435 g/mol. The fourth-order valence-electron chi connectivity index (χ4n) is 3.86. The molecule has 5 nitrogen and oxygen atoms in total. The Labute approximate surface area is 188 Å². The molecular formula is C26H30FN3O2. The third-order valence-electron chi connectivity index (χ3n) is 5.74. The molecule has 2 aromatic carbocycles. The minimum Gasteiger partial charge on any atom is -0.439 e. The van der Waals surface area contributed by atoms with Gasteiger partial charge in [-0.25, -0.2) is 9.07 Å². The van der Waals surface area contributed by atoms with Gasteiger partial charge in [0.25, 0.3) is 0 Å². The summed E-state index contributed by atoms with van der Waals surface area (Å²) in [5.41, 5.74) is 1.77. The smallest absolute Gasteiger partial charge is 0.222 e. The molecule has 1 heterocycles. The summed E-state index contributed by atoms with van der Waals surface area (Å²) >= 11 is 0. The van der Waals surface area contributed by atoms with Gasteiger partial charge >= 0.3 is 0 Å². The van der Waals surface area contributed by atoms with Crippen molar-refractivity contribution in [1.82, 2.24) is 14.7 Å². The molecule has 0 radical (unpaired) electrons. The highest BCUT2D eigenvalue weighted by Gasteiger charge is 2.30. The second-order valence-corrected chi connectivity index (χ2v) is 8.85. The first-order valence-electron chi connectivity index (χ1n) is 11.0. The normalized spacial score (nSPS) is 15.5. The Hall–Kier alpha value is -2.96. The first-order valence-corrected chi connectivity index (χ1v) is 11.0. The Morgan fingerprint density at radius 3 is 2.53 bits per heavy atom. The predicted octanol–water partition coefficient (Wildman–Crippen LogP) is 5.17. The van der Waals surface area contributed by atoms with E-state index in [0.717, 1.165) is 23.4 Å². The lowest BCUT2D eigenvalue weighted by Crippen LogP contribution is -2.40. The molecule has 0 bridgehead atoms. The summed E-state index contributed by atoms with van der Waals surface area (Å²) in [7, 11) is 1.85. The number of nitrogens with zero attached hydrogens (tertiary/aromatic N) is 3. The van der Waals surface area contributed by atoms with Gasteiger partial charge in [-0.2, -0.15) is 5.10 Å². The van der Waals surface area contributed by atoms with Crippen molar-refractivity contribution < 1.29 is 14.2 Å². The summed E-state index contributed by atoms with van der Waals surface area (Å²) in [4.78, 5) is 2.25. The van der Waals surface area contributed by atoms with E-state index in [9.17, 15) is 9.50 Å². The SMILES string of the molecule is C=C[C@](C)(O)CN(Cc1c(-c2ccccc2)nn(C)c1Oc1ccc(F)cc1)CC1CC1. The van der Waals surface area contributed by atoms with Crippen molar-refractivity contribution in [3.05, 3.63) is 78.6 Å². The van der Waals surface area contributed by atoms with Crippen LogP contribution < -0.4 is 4.74 Å². The van der Waals surface area contributed by atoms with Crippen molar-refractivity contribution in [3.63, 3.8) is 0 Å². The maximum absolute atomic E-state index is 13.4. The van der Waals surface area contributed by atoms with Crippen molar-refractivity contribution in [1.29, 1.82) is 0 Å². The third-order valence-corrected chi connectivity index (χ3v) is 5.74. The van der Waals surface area contributed by atoms with Gasteiger partial charge in [0.05, 0.1) is 11.2 Å². The Balaban J connectivity index is 1.72. The molecule has 3 aromatic rings. The molecule has 1 N–H and O–H groups in total. The number of aromatic nitrogens is 2. The van der Waals surface area contributed by atoms with Crippen LogP contribution in [0.1, 0.15) is 25.3 Å². The molecule has 1 atom stereocenters. The van der Waals surface area contributed by atoms with Gasteiger partial charge in [-0.3, -0.25) is 4.90 Å². The molecular weight excluding hydrogens is 405 g/mol. The zero-order chi connectivity index (χ0) is 22.7. The van der Waals surface area contributed by atoms with E-state index in [-0.39, 0.29) is 5.82 Å². The maximum atomic E-state index is 13.4. The van der Waals surface area contributed by atoms with Gasteiger partial charge in [-0.1, -0.05) is 36.4 Å². The first kappa shape index (κ1) is 22.2. The van der Waals surface area contributed by atoms with Crippen LogP contribution in [0.15, 0.2) is 67.3 Å². The van der Waals surface area contributed by atoms with E-state index in [1.807, 2.05) is 37.4 Å². The average Bonchev–Trinajstić information content (AvgIpc) is 3.54. The third kappa shape index (κ3) is 5.44. The van der Waals surface area contributed by atoms with Crippen molar-refractivity contribution >= 4 is 0 Å². The molecule has 168 valence electrons. The van der Waals surface area contributed by atoms with Crippen molar-refractivity contribution in [3.8, 4) is 22.9 Å². The van der Waals surface area contributed by atoms with Gasteiger partial charge in [0.15, 0.2) is 0 Å². The van der Waals surface area contributed by atoms with Crippen molar-refractivity contribution in [2.75, 3.05) is 13.1 Å². The molecule has 1 aliphatic rings. The fraction of sp³-hybridized carbons (Fsp3) is 0.346. The van der Waals surface area contributed by atoms with Crippen molar-refractivity contribution in [2.24, 2.45) is 13.0 Å². The number of hydrogen-bond acceptors (Lipinski definition) is 4. The van der Waals surface area contributed by atoms with Gasteiger partial charge in [0.2, 0.25) is 5.88 Å². The van der Waals surface area contributed by atoms with Crippen LogP contribution in [-0.2, 0) is 13.6 Å².